The van der Waals surface area contributed by atoms with Crippen molar-refractivity contribution in [1.82, 2.24) is 5.32 Å². The number of rotatable bonds is 5. The Bertz CT molecular complexity index is 1130. The number of para-hydroxylation sites is 1. The molecule has 1 N–H and O–H groups in total. The molecule has 3 aromatic carbocycles. The first-order chi connectivity index (χ1) is 13.2. The zero-order chi connectivity index (χ0) is 18.6. The van der Waals surface area contributed by atoms with Gasteiger partial charge in [0.25, 0.3) is 0 Å². The smallest absolute Gasteiger partial charge is 0.193 e. The second-order valence-electron chi connectivity index (χ2n) is 6.40. The molecule has 0 bridgehead atoms. The molecule has 1 heterocycles. The Morgan fingerprint density at radius 3 is 2.44 bits per heavy atom. The average Bonchev–Trinajstić information content (AvgIpc) is 2.70. The fraction of sp³-hybridized carbons (Fsp3) is 0.0870. The van der Waals surface area contributed by atoms with Crippen LogP contribution in [-0.4, -0.2) is 0 Å². The molecule has 0 aliphatic heterocycles. The molecule has 0 saturated carbocycles. The highest BCUT2D eigenvalue weighted by molar-refractivity contribution is 6.30. The molecule has 4 rings (SSSR count). The number of benzene rings is 3. The monoisotopic (exact) mass is 375 g/mol. The lowest BCUT2D eigenvalue weighted by Crippen LogP contribution is -2.12. The van der Waals surface area contributed by atoms with Crippen molar-refractivity contribution in [3.63, 3.8) is 0 Å². The minimum Gasteiger partial charge on any atom is -0.456 e. The Balaban J connectivity index is 1.52. The Morgan fingerprint density at radius 2 is 1.59 bits per heavy atom. The van der Waals surface area contributed by atoms with Crippen LogP contribution in [0.1, 0.15) is 11.1 Å². The van der Waals surface area contributed by atoms with Crippen LogP contribution in [0.4, 0.5) is 0 Å². The van der Waals surface area contributed by atoms with Gasteiger partial charge in [0.05, 0.1) is 5.39 Å². The lowest BCUT2D eigenvalue weighted by atomic mass is 10.1. The standard InChI is InChI=1S/C23H18ClNO2/c24-19-10-8-16(9-11-19)14-25-15-17-4-3-5-18(12-17)23-13-21(26)20-6-1-2-7-22(20)27-23/h1-13,25H,14-15H2. The summed E-state index contributed by atoms with van der Waals surface area (Å²) in [6.07, 6.45) is 0. The van der Waals surface area contributed by atoms with Gasteiger partial charge in [0.15, 0.2) is 5.43 Å². The molecular formula is C23H18ClNO2. The molecule has 0 saturated heterocycles. The van der Waals surface area contributed by atoms with Gasteiger partial charge in [-0.2, -0.15) is 0 Å². The number of halogens is 1. The highest BCUT2D eigenvalue weighted by Crippen LogP contribution is 2.23. The van der Waals surface area contributed by atoms with Crippen molar-refractivity contribution in [2.75, 3.05) is 0 Å². The van der Waals surface area contributed by atoms with Gasteiger partial charge >= 0.3 is 0 Å². The predicted molar refractivity (Wildman–Crippen MR) is 110 cm³/mol. The van der Waals surface area contributed by atoms with Crippen LogP contribution in [0.15, 0.2) is 88.1 Å². The summed E-state index contributed by atoms with van der Waals surface area (Å²) in [4.78, 5) is 12.3. The second kappa shape index (κ2) is 7.78. The maximum absolute atomic E-state index is 12.3. The van der Waals surface area contributed by atoms with Crippen LogP contribution < -0.4 is 10.7 Å². The van der Waals surface area contributed by atoms with Gasteiger partial charge in [-0.25, -0.2) is 0 Å². The lowest BCUT2D eigenvalue weighted by molar-refractivity contribution is 0.618. The molecule has 0 unspecified atom stereocenters. The summed E-state index contributed by atoms with van der Waals surface area (Å²) < 4.78 is 5.94. The highest BCUT2D eigenvalue weighted by Gasteiger charge is 2.07. The minimum atomic E-state index is -0.0295. The Labute approximate surface area is 162 Å². The van der Waals surface area contributed by atoms with Crippen LogP contribution in [0.25, 0.3) is 22.3 Å². The number of nitrogens with one attached hydrogen (secondary N) is 1. The summed E-state index contributed by atoms with van der Waals surface area (Å²) in [5.41, 5.74) is 3.77. The van der Waals surface area contributed by atoms with E-state index in [1.165, 1.54) is 5.56 Å². The van der Waals surface area contributed by atoms with E-state index in [1.54, 1.807) is 12.1 Å². The highest BCUT2D eigenvalue weighted by atomic mass is 35.5. The molecule has 1 aromatic heterocycles. The van der Waals surface area contributed by atoms with Crippen LogP contribution in [-0.2, 0) is 13.1 Å². The predicted octanol–water partition coefficient (Wildman–Crippen LogP) is 5.40. The average molecular weight is 376 g/mol. The van der Waals surface area contributed by atoms with Gasteiger partial charge in [0.1, 0.15) is 11.3 Å². The van der Waals surface area contributed by atoms with Crippen molar-refractivity contribution in [3.8, 4) is 11.3 Å². The zero-order valence-corrected chi connectivity index (χ0v) is 15.4. The molecule has 4 aromatic rings. The topological polar surface area (TPSA) is 42.2 Å². The molecule has 3 nitrogen and oxygen atoms in total. The first-order valence-corrected chi connectivity index (χ1v) is 9.14. The maximum atomic E-state index is 12.3. The Kier molecular flexibility index (Phi) is 5.05. The van der Waals surface area contributed by atoms with Crippen LogP contribution in [0.3, 0.4) is 0 Å². The summed E-state index contributed by atoms with van der Waals surface area (Å²) in [6.45, 7) is 1.47. The van der Waals surface area contributed by atoms with Gasteiger partial charge < -0.3 is 9.73 Å². The number of hydrogen-bond acceptors (Lipinski definition) is 3. The molecule has 0 aliphatic carbocycles. The van der Waals surface area contributed by atoms with E-state index in [0.717, 1.165) is 22.7 Å². The van der Waals surface area contributed by atoms with E-state index in [-0.39, 0.29) is 5.43 Å². The third-order valence-corrected chi connectivity index (χ3v) is 4.67. The van der Waals surface area contributed by atoms with E-state index >= 15 is 0 Å². The minimum absolute atomic E-state index is 0.0295. The van der Waals surface area contributed by atoms with Gasteiger partial charge in [0.2, 0.25) is 0 Å². The van der Waals surface area contributed by atoms with E-state index in [4.69, 9.17) is 16.0 Å². The van der Waals surface area contributed by atoms with Gasteiger partial charge in [-0.05, 0) is 41.5 Å². The zero-order valence-electron chi connectivity index (χ0n) is 14.6. The Hall–Kier alpha value is -2.88. The first-order valence-electron chi connectivity index (χ1n) is 8.76. The maximum Gasteiger partial charge on any atom is 0.193 e. The summed E-state index contributed by atoms with van der Waals surface area (Å²) >= 11 is 5.91. The van der Waals surface area contributed by atoms with Crippen molar-refractivity contribution in [2.24, 2.45) is 0 Å². The largest absolute Gasteiger partial charge is 0.456 e. The number of hydrogen-bond donors (Lipinski definition) is 1. The molecule has 0 amide bonds. The summed E-state index contributed by atoms with van der Waals surface area (Å²) in [5.74, 6) is 0.582. The molecule has 134 valence electrons. The van der Waals surface area contributed by atoms with Crippen molar-refractivity contribution < 1.29 is 4.42 Å². The quantitative estimate of drug-likeness (QED) is 0.507. The molecule has 0 spiro atoms. The fourth-order valence-corrected chi connectivity index (χ4v) is 3.16. The van der Waals surface area contributed by atoms with Crippen LogP contribution >= 0.6 is 11.6 Å². The van der Waals surface area contributed by atoms with Crippen LogP contribution in [0, 0.1) is 0 Å². The van der Waals surface area contributed by atoms with Crippen molar-refractivity contribution in [2.45, 2.75) is 13.1 Å². The van der Waals surface area contributed by atoms with Crippen LogP contribution in [0.2, 0.25) is 5.02 Å². The molecule has 4 heteroatoms. The first kappa shape index (κ1) is 17.5. The second-order valence-corrected chi connectivity index (χ2v) is 6.84. The van der Waals surface area contributed by atoms with Gasteiger partial charge in [0, 0.05) is 29.7 Å². The molecule has 0 atom stereocenters. The Morgan fingerprint density at radius 1 is 0.815 bits per heavy atom. The third kappa shape index (κ3) is 4.11. The fourth-order valence-electron chi connectivity index (χ4n) is 3.03. The summed E-state index contributed by atoms with van der Waals surface area (Å²) in [6, 6.07) is 24.7. The normalized spacial score (nSPS) is 11.0. The van der Waals surface area contributed by atoms with E-state index in [0.29, 0.717) is 23.3 Å². The summed E-state index contributed by atoms with van der Waals surface area (Å²) in [7, 11) is 0. The van der Waals surface area contributed by atoms with Gasteiger partial charge in [-0.1, -0.05) is 54.1 Å². The molecule has 0 fully saturated rings. The SMILES string of the molecule is O=c1cc(-c2cccc(CNCc3ccc(Cl)cc3)c2)oc2ccccc12. The molecular weight excluding hydrogens is 358 g/mol. The van der Waals surface area contributed by atoms with Gasteiger partial charge in [-0.15, -0.1) is 0 Å². The van der Waals surface area contributed by atoms with E-state index < -0.39 is 0 Å². The van der Waals surface area contributed by atoms with Crippen molar-refractivity contribution in [3.05, 3.63) is 105 Å². The van der Waals surface area contributed by atoms with Crippen molar-refractivity contribution in [1.29, 1.82) is 0 Å². The lowest BCUT2D eigenvalue weighted by Gasteiger charge is -2.08. The van der Waals surface area contributed by atoms with Crippen molar-refractivity contribution >= 4 is 22.6 Å². The summed E-state index contributed by atoms with van der Waals surface area (Å²) in [5, 5.41) is 4.76. The van der Waals surface area contributed by atoms with E-state index in [1.807, 2.05) is 60.7 Å². The molecule has 0 aliphatic rings. The molecule has 27 heavy (non-hydrogen) atoms. The van der Waals surface area contributed by atoms with E-state index in [2.05, 4.69) is 11.4 Å². The molecule has 0 radical (unpaired) electrons. The van der Waals surface area contributed by atoms with Crippen LogP contribution in [0.5, 0.6) is 0 Å². The van der Waals surface area contributed by atoms with Gasteiger partial charge in [-0.3, -0.25) is 4.79 Å². The third-order valence-electron chi connectivity index (χ3n) is 4.42. The van der Waals surface area contributed by atoms with E-state index in [9.17, 15) is 4.79 Å². The number of fused-ring (bicyclic) bond motifs is 1.